The van der Waals surface area contributed by atoms with Crippen molar-refractivity contribution < 1.29 is 4.74 Å². The molecule has 0 aromatic carbocycles. The van der Waals surface area contributed by atoms with Crippen molar-refractivity contribution >= 4 is 5.57 Å². The number of hydrogen-bond acceptors (Lipinski definition) is 3. The number of aromatic nitrogens is 1. The molecular weight excluding hydrogens is 200 g/mol. The molecule has 2 heterocycles. The molecule has 1 aromatic rings. The predicted molar refractivity (Wildman–Crippen MR) is 63.2 cm³/mol. The van der Waals surface area contributed by atoms with E-state index in [4.69, 9.17) is 4.74 Å². The van der Waals surface area contributed by atoms with E-state index in [1.54, 1.807) is 13.3 Å². The van der Waals surface area contributed by atoms with Gasteiger partial charge in [0, 0.05) is 18.7 Å². The molecule has 0 bridgehead atoms. The minimum atomic E-state index is 0.675. The summed E-state index contributed by atoms with van der Waals surface area (Å²) in [6.07, 6.45) is 7.26. The van der Waals surface area contributed by atoms with E-state index in [-0.39, 0.29) is 0 Å². The zero-order valence-electron chi connectivity index (χ0n) is 9.44. The summed E-state index contributed by atoms with van der Waals surface area (Å²) in [4.78, 5) is 4.23. The summed E-state index contributed by atoms with van der Waals surface area (Å²) in [5.41, 5.74) is 2.66. The second-order valence-corrected chi connectivity index (χ2v) is 4.53. The Morgan fingerprint density at radius 1 is 1.38 bits per heavy atom. The zero-order valence-corrected chi connectivity index (χ0v) is 9.44. The van der Waals surface area contributed by atoms with Crippen LogP contribution in [0.4, 0.5) is 0 Å². The van der Waals surface area contributed by atoms with Crippen LogP contribution in [-0.2, 0) is 0 Å². The first-order valence-electron chi connectivity index (χ1n) is 5.78. The molecule has 84 valence electrons. The van der Waals surface area contributed by atoms with Gasteiger partial charge in [0.2, 0.25) is 0 Å². The third-order valence-electron chi connectivity index (χ3n) is 3.66. The lowest BCUT2D eigenvalue weighted by atomic mass is 9.91. The highest BCUT2D eigenvalue weighted by molar-refractivity contribution is 5.70. The Kier molecular flexibility index (Phi) is 2.40. The van der Waals surface area contributed by atoms with E-state index in [9.17, 15) is 0 Å². The molecule has 0 spiro atoms. The standard InChI is InChI=1S/C13H16N2O/c1-16-11-4-10(6-14-7-11)12-3-2-9-5-15-8-13(9)12/h3-4,6-7,9,13,15H,2,5,8H2,1H3. The minimum Gasteiger partial charge on any atom is -0.495 e. The first-order chi connectivity index (χ1) is 7.88. The quantitative estimate of drug-likeness (QED) is 0.817. The van der Waals surface area contributed by atoms with E-state index in [0.717, 1.165) is 24.8 Å². The normalized spacial score (nSPS) is 27.7. The third-order valence-corrected chi connectivity index (χ3v) is 3.66. The fourth-order valence-electron chi connectivity index (χ4n) is 2.79. The van der Waals surface area contributed by atoms with Crippen molar-refractivity contribution in [3.05, 3.63) is 30.1 Å². The third kappa shape index (κ3) is 1.52. The van der Waals surface area contributed by atoms with Gasteiger partial charge in [0.25, 0.3) is 0 Å². The van der Waals surface area contributed by atoms with Crippen LogP contribution in [0.25, 0.3) is 5.57 Å². The molecule has 1 N–H and O–H groups in total. The van der Waals surface area contributed by atoms with Crippen molar-refractivity contribution in [2.24, 2.45) is 11.8 Å². The van der Waals surface area contributed by atoms with Crippen molar-refractivity contribution in [1.29, 1.82) is 0 Å². The first-order valence-corrected chi connectivity index (χ1v) is 5.78. The number of pyridine rings is 1. The maximum Gasteiger partial charge on any atom is 0.137 e. The number of fused-ring (bicyclic) bond motifs is 1. The van der Waals surface area contributed by atoms with Gasteiger partial charge in [0.15, 0.2) is 0 Å². The molecule has 1 aromatic heterocycles. The molecule has 2 unspecified atom stereocenters. The van der Waals surface area contributed by atoms with Crippen LogP contribution in [0.5, 0.6) is 5.75 Å². The van der Waals surface area contributed by atoms with E-state index >= 15 is 0 Å². The van der Waals surface area contributed by atoms with Gasteiger partial charge >= 0.3 is 0 Å². The summed E-state index contributed by atoms with van der Waals surface area (Å²) in [5.74, 6) is 2.31. The van der Waals surface area contributed by atoms with Gasteiger partial charge in [0.1, 0.15) is 5.75 Å². The Hall–Kier alpha value is -1.35. The van der Waals surface area contributed by atoms with Gasteiger partial charge in [-0.3, -0.25) is 4.98 Å². The van der Waals surface area contributed by atoms with Crippen LogP contribution in [-0.4, -0.2) is 25.2 Å². The second kappa shape index (κ2) is 3.91. The molecule has 1 fully saturated rings. The largest absolute Gasteiger partial charge is 0.495 e. The molecule has 0 amide bonds. The van der Waals surface area contributed by atoms with E-state index in [2.05, 4.69) is 22.4 Å². The van der Waals surface area contributed by atoms with Gasteiger partial charge in [-0.2, -0.15) is 0 Å². The minimum absolute atomic E-state index is 0.675. The first kappa shape index (κ1) is 9.85. The summed E-state index contributed by atoms with van der Waals surface area (Å²) in [6, 6.07) is 2.08. The Bertz CT molecular complexity index is 428. The molecule has 0 radical (unpaired) electrons. The molecule has 3 rings (SSSR count). The number of ether oxygens (including phenoxy) is 1. The van der Waals surface area contributed by atoms with Crippen molar-refractivity contribution in [1.82, 2.24) is 10.3 Å². The van der Waals surface area contributed by atoms with Crippen LogP contribution in [0, 0.1) is 11.8 Å². The molecule has 2 atom stereocenters. The summed E-state index contributed by atoms with van der Waals surface area (Å²) >= 11 is 0. The highest BCUT2D eigenvalue weighted by Crippen LogP contribution is 2.40. The number of rotatable bonds is 2. The fourth-order valence-corrected chi connectivity index (χ4v) is 2.79. The maximum absolute atomic E-state index is 5.22. The Balaban J connectivity index is 1.91. The van der Waals surface area contributed by atoms with Crippen LogP contribution in [0.3, 0.4) is 0 Å². The van der Waals surface area contributed by atoms with Crippen LogP contribution in [0.1, 0.15) is 12.0 Å². The molecule has 3 heteroatoms. The summed E-state index contributed by atoms with van der Waals surface area (Å²) in [7, 11) is 1.68. The molecule has 3 nitrogen and oxygen atoms in total. The SMILES string of the molecule is COc1cncc(C2=CCC3CNCC23)c1. The lowest BCUT2D eigenvalue weighted by Gasteiger charge is -2.13. The lowest BCUT2D eigenvalue weighted by Crippen LogP contribution is -2.10. The number of hydrogen-bond donors (Lipinski definition) is 1. The van der Waals surface area contributed by atoms with Crippen molar-refractivity contribution in [3.63, 3.8) is 0 Å². The predicted octanol–water partition coefficient (Wildman–Crippen LogP) is 1.71. The molecule has 2 aliphatic rings. The molecule has 0 saturated carbocycles. The number of nitrogens with one attached hydrogen (secondary N) is 1. The van der Waals surface area contributed by atoms with Crippen molar-refractivity contribution in [3.8, 4) is 5.75 Å². The summed E-state index contributed by atoms with van der Waals surface area (Å²) < 4.78 is 5.22. The van der Waals surface area contributed by atoms with Crippen LogP contribution < -0.4 is 10.1 Å². The van der Waals surface area contributed by atoms with E-state index in [1.807, 2.05) is 6.20 Å². The fraction of sp³-hybridized carbons (Fsp3) is 0.462. The maximum atomic E-state index is 5.22. The monoisotopic (exact) mass is 216 g/mol. The molecule has 1 saturated heterocycles. The van der Waals surface area contributed by atoms with Gasteiger partial charge in [-0.1, -0.05) is 6.08 Å². The highest BCUT2D eigenvalue weighted by Gasteiger charge is 2.34. The molecule has 1 aliphatic carbocycles. The highest BCUT2D eigenvalue weighted by atomic mass is 16.5. The summed E-state index contributed by atoms with van der Waals surface area (Å²) in [5, 5.41) is 3.46. The second-order valence-electron chi connectivity index (χ2n) is 4.53. The van der Waals surface area contributed by atoms with E-state index < -0.39 is 0 Å². The summed E-state index contributed by atoms with van der Waals surface area (Å²) in [6.45, 7) is 2.26. The van der Waals surface area contributed by atoms with Crippen molar-refractivity contribution in [2.75, 3.05) is 20.2 Å². The van der Waals surface area contributed by atoms with Crippen LogP contribution in [0.15, 0.2) is 24.5 Å². The number of nitrogens with zero attached hydrogens (tertiary/aromatic N) is 1. The molecular formula is C13H16N2O. The van der Waals surface area contributed by atoms with Gasteiger partial charge in [-0.15, -0.1) is 0 Å². The average molecular weight is 216 g/mol. The van der Waals surface area contributed by atoms with Gasteiger partial charge in [0.05, 0.1) is 13.3 Å². The topological polar surface area (TPSA) is 34.1 Å². The van der Waals surface area contributed by atoms with E-state index in [1.165, 1.54) is 17.6 Å². The van der Waals surface area contributed by atoms with Gasteiger partial charge in [-0.05, 0) is 36.1 Å². The van der Waals surface area contributed by atoms with Crippen LogP contribution in [0.2, 0.25) is 0 Å². The van der Waals surface area contributed by atoms with Gasteiger partial charge in [-0.25, -0.2) is 0 Å². The van der Waals surface area contributed by atoms with Crippen molar-refractivity contribution in [2.45, 2.75) is 6.42 Å². The number of methoxy groups -OCH3 is 1. The smallest absolute Gasteiger partial charge is 0.137 e. The molecule has 16 heavy (non-hydrogen) atoms. The lowest BCUT2D eigenvalue weighted by molar-refractivity contribution is 0.412. The average Bonchev–Trinajstić information content (AvgIpc) is 2.90. The zero-order chi connectivity index (χ0) is 11.0. The van der Waals surface area contributed by atoms with Crippen LogP contribution >= 0.6 is 0 Å². The molecule has 1 aliphatic heterocycles. The Labute approximate surface area is 95.5 Å². The Morgan fingerprint density at radius 3 is 3.19 bits per heavy atom. The Morgan fingerprint density at radius 2 is 2.31 bits per heavy atom. The number of allylic oxidation sites excluding steroid dienone is 1. The van der Waals surface area contributed by atoms with Gasteiger partial charge < -0.3 is 10.1 Å². The van der Waals surface area contributed by atoms with E-state index in [0.29, 0.717) is 5.92 Å².